The Hall–Kier alpha value is -2.08. The highest BCUT2D eigenvalue weighted by Crippen LogP contribution is 2.49. The molecule has 0 saturated heterocycles. The van der Waals surface area contributed by atoms with Crippen molar-refractivity contribution in [2.24, 2.45) is 17.8 Å². The summed E-state index contributed by atoms with van der Waals surface area (Å²) >= 11 is 0. The number of ether oxygens (including phenoxy) is 1. The third-order valence-corrected chi connectivity index (χ3v) is 5.62. The van der Waals surface area contributed by atoms with Crippen molar-refractivity contribution in [1.29, 1.82) is 0 Å². The van der Waals surface area contributed by atoms with Gasteiger partial charge in [-0.05, 0) is 42.6 Å². The van der Waals surface area contributed by atoms with Crippen LogP contribution in [0.3, 0.4) is 0 Å². The van der Waals surface area contributed by atoms with Gasteiger partial charge >= 0.3 is 6.09 Å². The van der Waals surface area contributed by atoms with Crippen LogP contribution in [0.1, 0.15) is 31.2 Å². The lowest BCUT2D eigenvalue weighted by molar-refractivity contribution is -0.170. The van der Waals surface area contributed by atoms with Crippen LogP contribution in [0.4, 0.5) is 4.79 Å². The fraction of sp³-hybridized carbons (Fsp3) is 0.579. The lowest BCUT2D eigenvalue weighted by atomic mass is 9.82. The van der Waals surface area contributed by atoms with Crippen LogP contribution < -0.4 is 5.32 Å². The highest BCUT2D eigenvalue weighted by atomic mass is 16.7. The number of amides is 2. The number of nitrogens with zero attached hydrogens (tertiary/aromatic N) is 1. The largest absolute Gasteiger partial charge is 0.445 e. The number of carbonyl (C=O) groups is 2. The van der Waals surface area contributed by atoms with E-state index in [1.54, 1.807) is 7.05 Å². The second-order valence-corrected chi connectivity index (χ2v) is 7.01. The minimum Gasteiger partial charge on any atom is -0.445 e. The molecule has 2 saturated carbocycles. The van der Waals surface area contributed by atoms with Gasteiger partial charge in [0.05, 0.1) is 7.11 Å². The molecule has 2 amide bonds. The summed E-state index contributed by atoms with van der Waals surface area (Å²) in [5, 5.41) is 4.28. The van der Waals surface area contributed by atoms with E-state index in [0.717, 1.165) is 24.8 Å². The Labute approximate surface area is 148 Å². The zero-order valence-electron chi connectivity index (χ0n) is 14.8. The zero-order valence-corrected chi connectivity index (χ0v) is 14.8. The van der Waals surface area contributed by atoms with Gasteiger partial charge in [-0.15, -0.1) is 0 Å². The number of alkyl carbamates (subject to hydrolysis) is 1. The van der Waals surface area contributed by atoms with Gasteiger partial charge in [0.15, 0.2) is 0 Å². The Morgan fingerprint density at radius 3 is 2.64 bits per heavy atom. The van der Waals surface area contributed by atoms with Crippen LogP contribution in [-0.2, 0) is 21.0 Å². The van der Waals surface area contributed by atoms with Gasteiger partial charge in [-0.25, -0.2) is 9.86 Å². The van der Waals surface area contributed by atoms with Crippen molar-refractivity contribution < 1.29 is 19.2 Å². The van der Waals surface area contributed by atoms with Crippen molar-refractivity contribution in [3.8, 4) is 0 Å². The molecule has 1 aromatic carbocycles. The summed E-state index contributed by atoms with van der Waals surface area (Å²) in [6.07, 6.45) is 3.32. The van der Waals surface area contributed by atoms with Crippen LogP contribution in [0.5, 0.6) is 0 Å². The van der Waals surface area contributed by atoms with E-state index in [4.69, 9.17) is 9.57 Å². The molecule has 6 heteroatoms. The number of carbonyl (C=O) groups excluding carboxylic acids is 2. The van der Waals surface area contributed by atoms with Gasteiger partial charge in [0.2, 0.25) is 5.91 Å². The summed E-state index contributed by atoms with van der Waals surface area (Å²) < 4.78 is 5.35. The predicted molar refractivity (Wildman–Crippen MR) is 92.3 cm³/mol. The molecule has 2 bridgehead atoms. The SMILES string of the molecule is CON(C)C(=O)C[C@@H]1[C@H]2CC[C@H](C2)[C@H]1NC(=O)OCc1ccccc1. The predicted octanol–water partition coefficient (Wildman–Crippen LogP) is 2.74. The molecule has 0 aromatic heterocycles. The molecule has 6 nitrogen and oxygen atoms in total. The number of benzene rings is 1. The molecule has 3 rings (SSSR count). The lowest BCUT2D eigenvalue weighted by Crippen LogP contribution is -2.45. The van der Waals surface area contributed by atoms with Gasteiger partial charge in [-0.1, -0.05) is 30.3 Å². The van der Waals surface area contributed by atoms with Crippen LogP contribution in [0.2, 0.25) is 0 Å². The van der Waals surface area contributed by atoms with Gasteiger partial charge in [0.25, 0.3) is 0 Å². The molecular formula is C19H26N2O4. The average molecular weight is 346 g/mol. The minimum absolute atomic E-state index is 0.0104. The van der Waals surface area contributed by atoms with Gasteiger partial charge in [-0.2, -0.15) is 0 Å². The number of hydrogen-bond donors (Lipinski definition) is 1. The summed E-state index contributed by atoms with van der Waals surface area (Å²) in [7, 11) is 3.10. The Bertz CT molecular complexity index is 607. The number of rotatable bonds is 6. The third kappa shape index (κ3) is 4.12. The third-order valence-electron chi connectivity index (χ3n) is 5.62. The van der Waals surface area contributed by atoms with E-state index in [-0.39, 0.29) is 24.5 Å². The van der Waals surface area contributed by atoms with Crippen LogP contribution >= 0.6 is 0 Å². The summed E-state index contributed by atoms with van der Waals surface area (Å²) in [4.78, 5) is 29.4. The van der Waals surface area contributed by atoms with Crippen LogP contribution in [0, 0.1) is 17.8 Å². The number of hydroxylamine groups is 2. The van der Waals surface area contributed by atoms with E-state index in [1.807, 2.05) is 30.3 Å². The Kier molecular flexibility index (Phi) is 5.58. The molecule has 2 aliphatic rings. The maximum atomic E-state index is 12.2. The molecular weight excluding hydrogens is 320 g/mol. The van der Waals surface area contributed by atoms with Gasteiger partial charge in [0, 0.05) is 19.5 Å². The molecule has 0 heterocycles. The first-order valence-electron chi connectivity index (χ1n) is 8.86. The Morgan fingerprint density at radius 1 is 1.20 bits per heavy atom. The molecule has 1 N–H and O–H groups in total. The quantitative estimate of drug-likeness (QED) is 0.804. The summed E-state index contributed by atoms with van der Waals surface area (Å²) in [6.45, 7) is 0.253. The smallest absolute Gasteiger partial charge is 0.407 e. The zero-order chi connectivity index (χ0) is 17.8. The van der Waals surface area contributed by atoms with Crippen molar-refractivity contribution in [1.82, 2.24) is 10.4 Å². The molecule has 1 aromatic rings. The second-order valence-electron chi connectivity index (χ2n) is 7.01. The van der Waals surface area contributed by atoms with Gasteiger partial charge < -0.3 is 10.1 Å². The van der Waals surface area contributed by atoms with Crippen molar-refractivity contribution in [3.63, 3.8) is 0 Å². The number of hydrogen-bond acceptors (Lipinski definition) is 4. The van der Waals surface area contributed by atoms with Gasteiger partial charge in [-0.3, -0.25) is 9.63 Å². The summed E-state index contributed by atoms with van der Waals surface area (Å²) in [5.74, 6) is 1.05. The lowest BCUT2D eigenvalue weighted by Gasteiger charge is -2.31. The first kappa shape index (κ1) is 17.7. The van der Waals surface area contributed by atoms with Crippen molar-refractivity contribution in [2.75, 3.05) is 14.2 Å². The molecule has 0 aliphatic heterocycles. The first-order valence-corrected chi connectivity index (χ1v) is 8.86. The van der Waals surface area contributed by atoms with E-state index in [2.05, 4.69) is 5.32 Å². The van der Waals surface area contributed by atoms with Crippen LogP contribution in [-0.4, -0.2) is 37.3 Å². The minimum atomic E-state index is -0.404. The highest BCUT2D eigenvalue weighted by molar-refractivity contribution is 5.75. The maximum absolute atomic E-state index is 12.2. The molecule has 25 heavy (non-hydrogen) atoms. The van der Waals surface area contributed by atoms with Crippen LogP contribution in [0.15, 0.2) is 30.3 Å². The van der Waals surface area contributed by atoms with E-state index >= 15 is 0 Å². The van der Waals surface area contributed by atoms with E-state index in [1.165, 1.54) is 12.2 Å². The molecule has 0 radical (unpaired) electrons. The maximum Gasteiger partial charge on any atom is 0.407 e. The summed E-state index contributed by atoms with van der Waals surface area (Å²) in [5.41, 5.74) is 0.957. The Morgan fingerprint density at radius 2 is 1.92 bits per heavy atom. The van der Waals surface area contributed by atoms with Crippen molar-refractivity contribution in [2.45, 2.75) is 38.3 Å². The molecule has 4 atom stereocenters. The van der Waals surface area contributed by atoms with Crippen molar-refractivity contribution in [3.05, 3.63) is 35.9 Å². The fourth-order valence-corrected chi connectivity index (χ4v) is 4.26. The highest BCUT2D eigenvalue weighted by Gasteiger charge is 2.49. The number of nitrogens with one attached hydrogen (secondary N) is 1. The number of fused-ring (bicyclic) bond motifs is 2. The molecule has 2 fully saturated rings. The van der Waals surface area contributed by atoms with E-state index < -0.39 is 6.09 Å². The monoisotopic (exact) mass is 346 g/mol. The second kappa shape index (κ2) is 7.87. The normalized spacial score (nSPS) is 27.1. The molecule has 136 valence electrons. The molecule has 0 unspecified atom stereocenters. The molecule has 0 spiro atoms. The van der Waals surface area contributed by atoms with Gasteiger partial charge in [0.1, 0.15) is 6.61 Å². The van der Waals surface area contributed by atoms with Crippen LogP contribution in [0.25, 0.3) is 0 Å². The Balaban J connectivity index is 1.55. The van der Waals surface area contributed by atoms with Crippen molar-refractivity contribution >= 4 is 12.0 Å². The van der Waals surface area contributed by atoms with E-state index in [0.29, 0.717) is 18.3 Å². The summed E-state index contributed by atoms with van der Waals surface area (Å²) in [6, 6.07) is 9.62. The fourth-order valence-electron chi connectivity index (χ4n) is 4.26. The first-order chi connectivity index (χ1) is 12.1. The topological polar surface area (TPSA) is 67.9 Å². The average Bonchev–Trinajstić information content (AvgIpc) is 3.23. The molecule has 2 aliphatic carbocycles. The van der Waals surface area contributed by atoms with E-state index in [9.17, 15) is 9.59 Å². The standard InChI is InChI=1S/C19H26N2O4/c1-21(24-2)17(22)11-16-14-8-9-15(10-14)18(16)20-19(23)25-12-13-6-4-3-5-7-13/h3-7,14-16,18H,8-12H2,1-2H3,(H,20,23)/t14-,15+,16+,18+/m0/s1.